The molecule has 1 aromatic carbocycles. The minimum atomic E-state index is -0.776. The summed E-state index contributed by atoms with van der Waals surface area (Å²) in [5, 5.41) is 9.35. The molecule has 0 saturated carbocycles. The maximum atomic E-state index is 10.6. The van der Waals surface area contributed by atoms with Gasteiger partial charge in [0, 0.05) is 17.4 Å². The largest absolute Gasteiger partial charge is 0.489 e. The Labute approximate surface area is 127 Å². The van der Waals surface area contributed by atoms with Gasteiger partial charge >= 0.3 is 5.97 Å². The fraction of sp³-hybridized carbons (Fsp3) is 0.500. The van der Waals surface area contributed by atoms with Crippen LogP contribution in [-0.2, 0) is 10.5 Å². The number of rotatable bonds is 5. The van der Waals surface area contributed by atoms with E-state index in [4.69, 9.17) is 26.2 Å². The van der Waals surface area contributed by atoms with Crippen LogP contribution < -0.4 is 9.47 Å². The molecule has 6 heteroatoms. The Bertz CT molecular complexity index is 492. The number of thioether (sulfide) groups is 1. The first-order valence-electron chi connectivity index (χ1n) is 6.47. The fourth-order valence-electron chi connectivity index (χ4n) is 1.91. The summed E-state index contributed by atoms with van der Waals surface area (Å²) in [5.74, 6) is 1.21. The molecule has 0 bridgehead atoms. The van der Waals surface area contributed by atoms with Crippen LogP contribution >= 0.6 is 23.4 Å². The number of hydrogen-bond acceptors (Lipinski definition) is 4. The molecule has 4 nitrogen and oxygen atoms in total. The Hall–Kier alpha value is -1.07. The molecule has 0 radical (unpaired) electrons. The smallest absolute Gasteiger partial charge is 0.304 e. The molecule has 1 aliphatic heterocycles. The number of carbonyl (C=O) groups is 1. The van der Waals surface area contributed by atoms with Crippen molar-refractivity contribution in [3.05, 3.63) is 22.7 Å². The van der Waals surface area contributed by atoms with E-state index in [0.29, 0.717) is 35.5 Å². The number of hydrogen-bond donors (Lipinski definition) is 1. The third-order valence-corrected chi connectivity index (χ3v) is 4.38. The highest BCUT2D eigenvalue weighted by atomic mass is 35.5. The van der Waals surface area contributed by atoms with Crippen molar-refractivity contribution >= 4 is 29.3 Å². The lowest BCUT2D eigenvalue weighted by Crippen LogP contribution is -2.05. The van der Waals surface area contributed by atoms with Gasteiger partial charge in [0.25, 0.3) is 0 Å². The molecule has 0 spiro atoms. The number of fused-ring (bicyclic) bond motifs is 1. The Morgan fingerprint density at radius 2 is 2.20 bits per heavy atom. The second-order valence-electron chi connectivity index (χ2n) is 4.67. The van der Waals surface area contributed by atoms with Gasteiger partial charge in [0.2, 0.25) is 0 Å². The molecular formula is C14H17ClO4S. The molecule has 1 heterocycles. The van der Waals surface area contributed by atoms with E-state index >= 15 is 0 Å². The Balaban J connectivity index is 2.04. The number of aliphatic carboxylic acids is 1. The highest BCUT2D eigenvalue weighted by Crippen LogP contribution is 2.39. The molecular weight excluding hydrogens is 300 g/mol. The molecule has 0 aliphatic carbocycles. The highest BCUT2D eigenvalue weighted by molar-refractivity contribution is 7.99. The molecule has 1 aliphatic rings. The summed E-state index contributed by atoms with van der Waals surface area (Å²) < 4.78 is 11.2. The Kier molecular flexibility index (Phi) is 5.43. The standard InChI is InChI=1S/C14H17ClO4S/c1-9(5-13(16)17)20-8-10-6-11(15)14-12(7-10)18-3-2-4-19-14/h6-7,9H,2-5,8H2,1H3,(H,16,17). The Morgan fingerprint density at radius 3 is 2.95 bits per heavy atom. The van der Waals surface area contributed by atoms with Crippen molar-refractivity contribution in [3.63, 3.8) is 0 Å². The van der Waals surface area contributed by atoms with Crippen LogP contribution in [-0.4, -0.2) is 29.5 Å². The van der Waals surface area contributed by atoms with Gasteiger partial charge < -0.3 is 14.6 Å². The number of halogens is 1. The van der Waals surface area contributed by atoms with Crippen LogP contribution in [0.15, 0.2) is 12.1 Å². The van der Waals surface area contributed by atoms with Gasteiger partial charge in [0.1, 0.15) is 0 Å². The minimum Gasteiger partial charge on any atom is -0.489 e. The molecule has 2 rings (SSSR count). The summed E-state index contributed by atoms with van der Waals surface area (Å²) in [6, 6.07) is 3.78. The summed E-state index contributed by atoms with van der Waals surface area (Å²) in [6.07, 6.45) is 0.994. The van der Waals surface area contributed by atoms with Gasteiger partial charge in [-0.2, -0.15) is 11.8 Å². The maximum absolute atomic E-state index is 10.6. The molecule has 0 fully saturated rings. The van der Waals surface area contributed by atoms with Crippen molar-refractivity contribution in [1.29, 1.82) is 0 Å². The first-order chi connectivity index (χ1) is 9.56. The van der Waals surface area contributed by atoms with E-state index in [1.807, 2.05) is 19.1 Å². The van der Waals surface area contributed by atoms with Gasteiger partial charge in [-0.1, -0.05) is 18.5 Å². The van der Waals surface area contributed by atoms with E-state index in [0.717, 1.165) is 12.0 Å². The van der Waals surface area contributed by atoms with Crippen molar-refractivity contribution in [2.45, 2.75) is 30.8 Å². The average Bonchev–Trinajstić information content (AvgIpc) is 2.61. The quantitative estimate of drug-likeness (QED) is 0.899. The summed E-state index contributed by atoms with van der Waals surface area (Å²) in [5.41, 5.74) is 1.02. The van der Waals surface area contributed by atoms with Crippen LogP contribution in [0.1, 0.15) is 25.3 Å². The van der Waals surface area contributed by atoms with E-state index in [1.165, 1.54) is 0 Å². The number of carboxylic acid groups (broad SMARTS) is 1. The first kappa shape index (κ1) is 15.3. The van der Waals surface area contributed by atoms with Crippen LogP contribution in [0, 0.1) is 0 Å². The monoisotopic (exact) mass is 316 g/mol. The number of benzene rings is 1. The second-order valence-corrected chi connectivity index (χ2v) is 6.51. The lowest BCUT2D eigenvalue weighted by molar-refractivity contribution is -0.136. The van der Waals surface area contributed by atoms with Gasteiger partial charge in [0.05, 0.1) is 24.7 Å². The van der Waals surface area contributed by atoms with Crippen molar-refractivity contribution in [2.24, 2.45) is 0 Å². The highest BCUT2D eigenvalue weighted by Gasteiger charge is 2.16. The predicted octanol–water partition coefficient (Wildman–Crippen LogP) is 3.60. The molecule has 110 valence electrons. The zero-order chi connectivity index (χ0) is 14.5. The summed E-state index contributed by atoms with van der Waals surface area (Å²) in [4.78, 5) is 10.6. The molecule has 1 N–H and O–H groups in total. The number of carboxylic acids is 1. The topological polar surface area (TPSA) is 55.8 Å². The van der Waals surface area contributed by atoms with Crippen LogP contribution in [0.3, 0.4) is 0 Å². The van der Waals surface area contributed by atoms with Gasteiger partial charge in [-0.05, 0) is 17.7 Å². The number of ether oxygens (including phenoxy) is 2. The van der Waals surface area contributed by atoms with Gasteiger partial charge in [-0.3, -0.25) is 4.79 Å². The van der Waals surface area contributed by atoms with Crippen molar-refractivity contribution in [1.82, 2.24) is 0 Å². The zero-order valence-corrected chi connectivity index (χ0v) is 12.8. The van der Waals surface area contributed by atoms with Crippen LogP contribution in [0.4, 0.5) is 0 Å². The van der Waals surface area contributed by atoms with E-state index in [1.54, 1.807) is 11.8 Å². The third kappa shape index (κ3) is 4.21. The lowest BCUT2D eigenvalue weighted by atomic mass is 10.2. The van der Waals surface area contributed by atoms with Crippen LogP contribution in [0.5, 0.6) is 11.5 Å². The van der Waals surface area contributed by atoms with E-state index < -0.39 is 5.97 Å². The van der Waals surface area contributed by atoms with E-state index in [-0.39, 0.29) is 11.7 Å². The summed E-state index contributed by atoms with van der Waals surface area (Å²) in [6.45, 7) is 3.13. The van der Waals surface area contributed by atoms with E-state index in [2.05, 4.69) is 0 Å². The molecule has 1 aromatic rings. The van der Waals surface area contributed by atoms with Crippen molar-refractivity contribution in [2.75, 3.05) is 13.2 Å². The molecule has 1 atom stereocenters. The molecule has 0 saturated heterocycles. The van der Waals surface area contributed by atoms with Gasteiger partial charge in [-0.25, -0.2) is 0 Å². The molecule has 20 heavy (non-hydrogen) atoms. The summed E-state index contributed by atoms with van der Waals surface area (Å²) >= 11 is 7.80. The average molecular weight is 317 g/mol. The predicted molar refractivity (Wildman–Crippen MR) is 80.1 cm³/mol. The zero-order valence-electron chi connectivity index (χ0n) is 11.2. The maximum Gasteiger partial charge on any atom is 0.304 e. The van der Waals surface area contributed by atoms with Gasteiger partial charge in [0.15, 0.2) is 11.5 Å². The van der Waals surface area contributed by atoms with Crippen LogP contribution in [0.2, 0.25) is 5.02 Å². The summed E-state index contributed by atoms with van der Waals surface area (Å²) in [7, 11) is 0. The molecule has 0 amide bonds. The fourth-order valence-corrected chi connectivity index (χ4v) is 3.10. The third-order valence-electron chi connectivity index (χ3n) is 2.86. The van der Waals surface area contributed by atoms with Crippen molar-refractivity contribution in [3.8, 4) is 11.5 Å². The molecule has 0 aromatic heterocycles. The minimum absolute atomic E-state index is 0.0576. The molecule has 1 unspecified atom stereocenters. The SMILES string of the molecule is CC(CC(=O)O)SCc1cc(Cl)c2c(c1)OCCCO2. The van der Waals surface area contributed by atoms with Gasteiger partial charge in [-0.15, -0.1) is 0 Å². The first-order valence-corrected chi connectivity index (χ1v) is 7.90. The normalized spacial score (nSPS) is 15.5. The van der Waals surface area contributed by atoms with Crippen molar-refractivity contribution < 1.29 is 19.4 Å². The van der Waals surface area contributed by atoms with Crippen LogP contribution in [0.25, 0.3) is 0 Å². The van der Waals surface area contributed by atoms with E-state index in [9.17, 15) is 4.79 Å². The second kappa shape index (κ2) is 7.09. The Morgan fingerprint density at radius 1 is 1.45 bits per heavy atom. The lowest BCUT2D eigenvalue weighted by Gasteiger charge is -2.13.